The summed E-state index contributed by atoms with van der Waals surface area (Å²) in [4.78, 5) is 11.5. The standard InChI is InChI=1S/C15H23NO3/c1-10(2)19-15(17)9-18-14-7-6-11(3)8-13(14)12(4)16-5/h6-8,10,12,16H,9H2,1-5H3. The van der Waals surface area contributed by atoms with Gasteiger partial charge in [0.1, 0.15) is 5.75 Å². The number of ether oxygens (including phenoxy) is 2. The molecule has 1 atom stereocenters. The smallest absolute Gasteiger partial charge is 0.344 e. The van der Waals surface area contributed by atoms with Gasteiger partial charge in [-0.25, -0.2) is 4.79 Å². The molecule has 4 heteroatoms. The van der Waals surface area contributed by atoms with Crippen molar-refractivity contribution in [1.29, 1.82) is 0 Å². The Morgan fingerprint density at radius 2 is 2.00 bits per heavy atom. The molecule has 0 aromatic heterocycles. The van der Waals surface area contributed by atoms with Crippen molar-refractivity contribution in [3.63, 3.8) is 0 Å². The minimum Gasteiger partial charge on any atom is -0.482 e. The van der Waals surface area contributed by atoms with E-state index in [4.69, 9.17) is 9.47 Å². The SMILES string of the molecule is CNC(C)c1cc(C)ccc1OCC(=O)OC(C)C. The molecule has 1 aromatic carbocycles. The molecule has 0 saturated heterocycles. The fraction of sp³-hybridized carbons (Fsp3) is 0.533. The number of esters is 1. The number of rotatable bonds is 6. The number of carbonyl (C=O) groups excluding carboxylic acids is 1. The van der Waals surface area contributed by atoms with Crippen molar-refractivity contribution in [3.8, 4) is 5.75 Å². The Hall–Kier alpha value is -1.55. The number of nitrogens with one attached hydrogen (secondary N) is 1. The molecule has 0 fully saturated rings. The van der Waals surface area contributed by atoms with Crippen LogP contribution in [0, 0.1) is 6.92 Å². The summed E-state index contributed by atoms with van der Waals surface area (Å²) in [6, 6.07) is 6.08. The molecule has 0 heterocycles. The molecule has 0 aliphatic heterocycles. The van der Waals surface area contributed by atoms with Crippen molar-refractivity contribution in [2.45, 2.75) is 39.8 Å². The van der Waals surface area contributed by atoms with Crippen molar-refractivity contribution in [1.82, 2.24) is 5.32 Å². The van der Waals surface area contributed by atoms with E-state index in [1.165, 1.54) is 0 Å². The number of carbonyl (C=O) groups is 1. The molecule has 19 heavy (non-hydrogen) atoms. The van der Waals surface area contributed by atoms with E-state index in [1.807, 2.05) is 46.9 Å². The first-order chi connectivity index (χ1) is 8.93. The highest BCUT2D eigenvalue weighted by Crippen LogP contribution is 2.26. The first-order valence-electron chi connectivity index (χ1n) is 6.54. The largest absolute Gasteiger partial charge is 0.482 e. The second kappa shape index (κ2) is 7.14. The third-order valence-corrected chi connectivity index (χ3v) is 2.78. The van der Waals surface area contributed by atoms with E-state index in [-0.39, 0.29) is 24.7 Å². The van der Waals surface area contributed by atoms with Crippen LogP contribution in [0.5, 0.6) is 5.75 Å². The summed E-state index contributed by atoms with van der Waals surface area (Å²) in [5, 5.41) is 3.17. The lowest BCUT2D eigenvalue weighted by atomic mass is 10.0. The summed E-state index contributed by atoms with van der Waals surface area (Å²) < 4.78 is 10.6. The van der Waals surface area contributed by atoms with Gasteiger partial charge in [0.2, 0.25) is 0 Å². The Bertz CT molecular complexity index is 429. The van der Waals surface area contributed by atoms with Crippen LogP contribution in [0.25, 0.3) is 0 Å². The fourth-order valence-corrected chi connectivity index (χ4v) is 1.73. The van der Waals surface area contributed by atoms with Crippen molar-refractivity contribution in [3.05, 3.63) is 29.3 Å². The van der Waals surface area contributed by atoms with Crippen molar-refractivity contribution >= 4 is 5.97 Å². The molecule has 1 rings (SSSR count). The average molecular weight is 265 g/mol. The molecule has 1 aromatic rings. The van der Waals surface area contributed by atoms with E-state index < -0.39 is 0 Å². The quantitative estimate of drug-likeness (QED) is 0.803. The highest BCUT2D eigenvalue weighted by atomic mass is 16.6. The maximum atomic E-state index is 11.5. The van der Waals surface area contributed by atoms with Crippen LogP contribution in [-0.4, -0.2) is 25.7 Å². The number of hydrogen-bond acceptors (Lipinski definition) is 4. The lowest BCUT2D eigenvalue weighted by molar-refractivity contribution is -0.149. The van der Waals surface area contributed by atoms with Gasteiger partial charge in [-0.3, -0.25) is 0 Å². The maximum absolute atomic E-state index is 11.5. The van der Waals surface area contributed by atoms with Gasteiger partial charge < -0.3 is 14.8 Å². The van der Waals surface area contributed by atoms with Crippen LogP contribution in [-0.2, 0) is 9.53 Å². The number of hydrogen-bond donors (Lipinski definition) is 1. The van der Waals surface area contributed by atoms with Gasteiger partial charge in [-0.1, -0.05) is 17.7 Å². The van der Waals surface area contributed by atoms with Crippen molar-refractivity contribution < 1.29 is 14.3 Å². The Labute approximate surface area is 115 Å². The first-order valence-corrected chi connectivity index (χ1v) is 6.54. The molecule has 106 valence electrons. The Morgan fingerprint density at radius 3 is 2.58 bits per heavy atom. The lowest BCUT2D eigenvalue weighted by Crippen LogP contribution is -2.20. The first kappa shape index (κ1) is 15.5. The highest BCUT2D eigenvalue weighted by Gasteiger charge is 2.13. The van der Waals surface area contributed by atoms with Gasteiger partial charge in [-0.15, -0.1) is 0 Å². The van der Waals surface area contributed by atoms with Gasteiger partial charge in [0.05, 0.1) is 6.10 Å². The predicted octanol–water partition coefficient (Wildman–Crippen LogP) is 2.61. The number of aryl methyl sites for hydroxylation is 1. The van der Waals surface area contributed by atoms with Gasteiger partial charge in [0, 0.05) is 11.6 Å². The molecule has 0 aliphatic carbocycles. The second-order valence-corrected chi connectivity index (χ2v) is 4.88. The molecule has 0 bridgehead atoms. The third-order valence-electron chi connectivity index (χ3n) is 2.78. The molecule has 0 aliphatic rings. The van der Waals surface area contributed by atoms with Gasteiger partial charge in [-0.2, -0.15) is 0 Å². The molecule has 1 N–H and O–H groups in total. The lowest BCUT2D eigenvalue weighted by Gasteiger charge is -2.17. The fourth-order valence-electron chi connectivity index (χ4n) is 1.73. The van der Waals surface area contributed by atoms with Gasteiger partial charge in [0.25, 0.3) is 0 Å². The summed E-state index contributed by atoms with van der Waals surface area (Å²) in [6.07, 6.45) is -0.121. The molecule has 0 amide bonds. The van der Waals surface area contributed by atoms with Crippen LogP contribution in [0.2, 0.25) is 0 Å². The van der Waals surface area contributed by atoms with E-state index in [0.717, 1.165) is 11.1 Å². The summed E-state index contributed by atoms with van der Waals surface area (Å²) >= 11 is 0. The monoisotopic (exact) mass is 265 g/mol. The van der Waals surface area contributed by atoms with E-state index in [2.05, 4.69) is 11.4 Å². The van der Waals surface area contributed by atoms with Gasteiger partial charge in [-0.05, 0) is 40.8 Å². The minimum absolute atomic E-state index is 0.0648. The van der Waals surface area contributed by atoms with Crippen LogP contribution < -0.4 is 10.1 Å². The van der Waals surface area contributed by atoms with E-state index in [0.29, 0.717) is 5.75 Å². The van der Waals surface area contributed by atoms with Gasteiger partial charge in [0.15, 0.2) is 6.61 Å². The van der Waals surface area contributed by atoms with Crippen molar-refractivity contribution in [2.75, 3.05) is 13.7 Å². The van der Waals surface area contributed by atoms with E-state index in [1.54, 1.807) is 0 Å². The third kappa shape index (κ3) is 4.91. The second-order valence-electron chi connectivity index (χ2n) is 4.88. The van der Waals surface area contributed by atoms with Crippen LogP contribution in [0.3, 0.4) is 0 Å². The zero-order valence-corrected chi connectivity index (χ0v) is 12.3. The molecule has 0 radical (unpaired) electrons. The van der Waals surface area contributed by atoms with Crippen LogP contribution in [0.15, 0.2) is 18.2 Å². The molecule has 0 spiro atoms. The Morgan fingerprint density at radius 1 is 1.32 bits per heavy atom. The molecule has 0 saturated carbocycles. The maximum Gasteiger partial charge on any atom is 0.344 e. The minimum atomic E-state index is -0.348. The Balaban J connectivity index is 2.75. The zero-order chi connectivity index (χ0) is 14.4. The molecule has 4 nitrogen and oxygen atoms in total. The number of benzene rings is 1. The average Bonchev–Trinajstić information content (AvgIpc) is 2.35. The van der Waals surface area contributed by atoms with Crippen molar-refractivity contribution in [2.24, 2.45) is 0 Å². The molecular weight excluding hydrogens is 242 g/mol. The molecular formula is C15H23NO3. The van der Waals surface area contributed by atoms with Crippen LogP contribution >= 0.6 is 0 Å². The predicted molar refractivity (Wildman–Crippen MR) is 75.4 cm³/mol. The van der Waals surface area contributed by atoms with Crippen LogP contribution in [0.4, 0.5) is 0 Å². The molecule has 1 unspecified atom stereocenters. The van der Waals surface area contributed by atoms with E-state index >= 15 is 0 Å². The zero-order valence-electron chi connectivity index (χ0n) is 12.3. The summed E-state index contributed by atoms with van der Waals surface area (Å²) in [6.45, 7) is 7.65. The summed E-state index contributed by atoms with van der Waals surface area (Å²) in [5.74, 6) is 0.367. The van der Waals surface area contributed by atoms with E-state index in [9.17, 15) is 4.79 Å². The summed E-state index contributed by atoms with van der Waals surface area (Å²) in [5.41, 5.74) is 2.20. The topological polar surface area (TPSA) is 47.6 Å². The Kier molecular flexibility index (Phi) is 5.83. The van der Waals surface area contributed by atoms with Gasteiger partial charge >= 0.3 is 5.97 Å². The normalized spacial score (nSPS) is 12.3. The summed E-state index contributed by atoms with van der Waals surface area (Å²) in [7, 11) is 1.89. The highest BCUT2D eigenvalue weighted by molar-refractivity contribution is 5.71. The van der Waals surface area contributed by atoms with Crippen LogP contribution in [0.1, 0.15) is 37.9 Å².